The number of hydrogen-bond donors (Lipinski definition) is 3. The molecule has 3 amide bonds. The maximum Gasteiger partial charge on any atom is 0.333 e. The van der Waals surface area contributed by atoms with Crippen LogP contribution in [0.15, 0.2) is 48.5 Å². The number of nitrogens with zero attached hydrogens (tertiary/aromatic N) is 2. The van der Waals surface area contributed by atoms with E-state index in [0.717, 1.165) is 43.0 Å². The first-order valence-electron chi connectivity index (χ1n) is 9.02. The lowest BCUT2D eigenvalue weighted by Crippen LogP contribution is -2.43. The molecule has 2 aromatic carbocycles. The molecule has 0 atom stereocenters. The molecule has 1 fully saturated rings. The van der Waals surface area contributed by atoms with Gasteiger partial charge in [-0.15, -0.1) is 0 Å². The van der Waals surface area contributed by atoms with Crippen molar-refractivity contribution in [3.05, 3.63) is 59.7 Å². The summed E-state index contributed by atoms with van der Waals surface area (Å²) < 4.78 is 0. The summed E-state index contributed by atoms with van der Waals surface area (Å²) in [6, 6.07) is 14.6. The second-order valence-corrected chi connectivity index (χ2v) is 6.90. The summed E-state index contributed by atoms with van der Waals surface area (Å²) in [4.78, 5) is 25.2. The fourth-order valence-electron chi connectivity index (χ4n) is 3.58. The Morgan fingerprint density at radius 2 is 1.70 bits per heavy atom. The summed E-state index contributed by atoms with van der Waals surface area (Å²) >= 11 is 0. The van der Waals surface area contributed by atoms with Crippen LogP contribution in [0.1, 0.15) is 28.8 Å². The molecule has 1 heterocycles. The Morgan fingerprint density at radius 3 is 2.30 bits per heavy atom. The van der Waals surface area contributed by atoms with Gasteiger partial charge < -0.3 is 16.4 Å². The molecule has 6 N–H and O–H groups in total. The lowest BCUT2D eigenvalue weighted by Gasteiger charge is -2.35. The minimum absolute atomic E-state index is 0.282. The molecule has 7 nitrogen and oxygen atoms in total. The SMILES string of the molecule is NC(=O)c1ccc(N2CCC(Cc3ccccc3)CC2)c(N(N)C(N)=O)c1. The molecule has 0 saturated carbocycles. The molecule has 0 radical (unpaired) electrons. The number of primary amides is 2. The molecule has 1 aliphatic heterocycles. The second kappa shape index (κ2) is 8.09. The molecule has 0 aromatic heterocycles. The Hall–Kier alpha value is -3.06. The summed E-state index contributed by atoms with van der Waals surface area (Å²) in [5, 5.41) is 0.859. The number of rotatable bonds is 5. The van der Waals surface area contributed by atoms with E-state index >= 15 is 0 Å². The fourth-order valence-corrected chi connectivity index (χ4v) is 3.58. The largest absolute Gasteiger partial charge is 0.370 e. The standard InChI is InChI=1S/C20H25N5O2/c21-19(26)16-6-7-17(18(13-16)25(23)20(22)27)24-10-8-15(9-11-24)12-14-4-2-1-3-5-14/h1-7,13,15H,8-12,23H2,(H2,21,26)(H2,22,27). The van der Waals surface area contributed by atoms with Crippen LogP contribution in [0.5, 0.6) is 0 Å². The third-order valence-corrected chi connectivity index (χ3v) is 5.08. The maximum absolute atomic E-state index is 11.6. The predicted molar refractivity (Wildman–Crippen MR) is 106 cm³/mol. The van der Waals surface area contributed by atoms with Gasteiger partial charge in [-0.05, 0) is 48.9 Å². The highest BCUT2D eigenvalue weighted by Crippen LogP contribution is 2.33. The van der Waals surface area contributed by atoms with E-state index in [9.17, 15) is 9.59 Å². The number of carbonyl (C=O) groups excluding carboxylic acids is 2. The van der Waals surface area contributed by atoms with Gasteiger partial charge in [0.2, 0.25) is 5.91 Å². The second-order valence-electron chi connectivity index (χ2n) is 6.90. The van der Waals surface area contributed by atoms with E-state index in [2.05, 4.69) is 29.2 Å². The monoisotopic (exact) mass is 367 g/mol. The van der Waals surface area contributed by atoms with Crippen molar-refractivity contribution in [3.63, 3.8) is 0 Å². The van der Waals surface area contributed by atoms with Crippen LogP contribution in [0, 0.1) is 5.92 Å². The highest BCUT2D eigenvalue weighted by Gasteiger charge is 2.24. The van der Waals surface area contributed by atoms with Gasteiger partial charge in [0, 0.05) is 18.7 Å². The Morgan fingerprint density at radius 1 is 1.04 bits per heavy atom. The van der Waals surface area contributed by atoms with E-state index in [1.54, 1.807) is 12.1 Å². The number of benzene rings is 2. The van der Waals surface area contributed by atoms with Gasteiger partial charge in [-0.25, -0.2) is 15.6 Å². The Balaban J connectivity index is 1.75. The topological polar surface area (TPSA) is 119 Å². The van der Waals surface area contributed by atoms with E-state index in [0.29, 0.717) is 11.6 Å². The zero-order valence-corrected chi connectivity index (χ0v) is 15.2. The number of urea groups is 1. The lowest BCUT2D eigenvalue weighted by atomic mass is 9.90. The van der Waals surface area contributed by atoms with Crippen LogP contribution in [0.3, 0.4) is 0 Å². The highest BCUT2D eigenvalue weighted by molar-refractivity contribution is 5.99. The number of carbonyl (C=O) groups is 2. The first-order valence-corrected chi connectivity index (χ1v) is 9.02. The highest BCUT2D eigenvalue weighted by atomic mass is 16.2. The van der Waals surface area contributed by atoms with E-state index in [1.807, 2.05) is 6.07 Å². The van der Waals surface area contributed by atoms with Crippen molar-refractivity contribution in [2.45, 2.75) is 19.3 Å². The van der Waals surface area contributed by atoms with Crippen molar-refractivity contribution >= 4 is 23.3 Å². The molecule has 0 unspecified atom stereocenters. The van der Waals surface area contributed by atoms with Gasteiger partial charge in [0.25, 0.3) is 0 Å². The molecule has 27 heavy (non-hydrogen) atoms. The molecule has 2 aromatic rings. The summed E-state index contributed by atoms with van der Waals surface area (Å²) in [5.74, 6) is 5.86. The minimum Gasteiger partial charge on any atom is -0.370 e. The normalized spacial score (nSPS) is 14.8. The molecule has 0 spiro atoms. The maximum atomic E-state index is 11.6. The van der Waals surface area contributed by atoms with Crippen LogP contribution in [0.4, 0.5) is 16.2 Å². The van der Waals surface area contributed by atoms with Crippen LogP contribution in [0.2, 0.25) is 0 Å². The predicted octanol–water partition coefficient (Wildman–Crippen LogP) is 2.00. The van der Waals surface area contributed by atoms with Gasteiger partial charge in [0.1, 0.15) is 0 Å². The number of anilines is 2. The third kappa shape index (κ3) is 4.38. The molecule has 1 saturated heterocycles. The van der Waals surface area contributed by atoms with Crippen molar-refractivity contribution in [2.24, 2.45) is 23.2 Å². The molecular weight excluding hydrogens is 342 g/mol. The van der Waals surface area contributed by atoms with Crippen LogP contribution in [-0.4, -0.2) is 25.0 Å². The molecule has 7 heteroatoms. The molecule has 142 valence electrons. The van der Waals surface area contributed by atoms with E-state index in [4.69, 9.17) is 17.3 Å². The van der Waals surface area contributed by atoms with Gasteiger partial charge >= 0.3 is 6.03 Å². The van der Waals surface area contributed by atoms with Crippen LogP contribution >= 0.6 is 0 Å². The summed E-state index contributed by atoms with van der Waals surface area (Å²) in [6.45, 7) is 1.68. The number of nitrogens with two attached hydrogens (primary N) is 3. The average Bonchev–Trinajstić information content (AvgIpc) is 2.68. The van der Waals surface area contributed by atoms with Gasteiger partial charge in [-0.2, -0.15) is 0 Å². The van der Waals surface area contributed by atoms with Crippen LogP contribution in [-0.2, 0) is 6.42 Å². The van der Waals surface area contributed by atoms with Crippen LogP contribution < -0.4 is 27.2 Å². The number of hydrogen-bond acceptors (Lipinski definition) is 4. The number of hydrazine groups is 1. The van der Waals surface area contributed by atoms with Crippen molar-refractivity contribution in [2.75, 3.05) is 23.0 Å². The van der Waals surface area contributed by atoms with Crippen molar-refractivity contribution in [1.29, 1.82) is 0 Å². The quantitative estimate of drug-likeness (QED) is 0.425. The van der Waals surface area contributed by atoms with E-state index in [-0.39, 0.29) is 5.56 Å². The molecule has 3 rings (SSSR count). The first kappa shape index (κ1) is 18.7. The van der Waals surface area contributed by atoms with E-state index < -0.39 is 11.9 Å². The zero-order valence-electron chi connectivity index (χ0n) is 15.2. The van der Waals surface area contributed by atoms with Crippen molar-refractivity contribution in [1.82, 2.24) is 0 Å². The summed E-state index contributed by atoms with van der Waals surface area (Å²) in [6.07, 6.45) is 3.13. The number of piperidine rings is 1. The van der Waals surface area contributed by atoms with Gasteiger partial charge in [0.15, 0.2) is 0 Å². The number of amides is 3. The zero-order chi connectivity index (χ0) is 19.4. The van der Waals surface area contributed by atoms with Gasteiger partial charge in [0.05, 0.1) is 11.4 Å². The van der Waals surface area contributed by atoms with E-state index in [1.165, 1.54) is 11.6 Å². The van der Waals surface area contributed by atoms with Crippen molar-refractivity contribution < 1.29 is 9.59 Å². The Bertz CT molecular complexity index is 816. The van der Waals surface area contributed by atoms with Gasteiger partial charge in [-0.1, -0.05) is 30.3 Å². The first-order chi connectivity index (χ1) is 13.0. The molecule has 1 aliphatic rings. The molecular formula is C20H25N5O2. The Kier molecular flexibility index (Phi) is 5.61. The third-order valence-electron chi connectivity index (χ3n) is 5.08. The minimum atomic E-state index is -0.795. The lowest BCUT2D eigenvalue weighted by molar-refractivity contribution is 0.1000. The van der Waals surface area contributed by atoms with Crippen molar-refractivity contribution in [3.8, 4) is 0 Å². The van der Waals surface area contributed by atoms with Gasteiger partial charge in [-0.3, -0.25) is 4.79 Å². The summed E-state index contributed by atoms with van der Waals surface area (Å²) in [5.41, 5.74) is 13.5. The smallest absolute Gasteiger partial charge is 0.333 e. The fraction of sp³-hybridized carbons (Fsp3) is 0.300. The average molecular weight is 367 g/mol. The molecule has 0 aliphatic carbocycles. The summed E-state index contributed by atoms with van der Waals surface area (Å²) in [7, 11) is 0. The Labute approximate surface area is 158 Å². The molecule has 0 bridgehead atoms. The van der Waals surface area contributed by atoms with Crippen LogP contribution in [0.25, 0.3) is 0 Å².